The van der Waals surface area contributed by atoms with Crippen LogP contribution in [0.5, 0.6) is 0 Å². The average molecular weight is 130 g/mol. The summed E-state index contributed by atoms with van der Waals surface area (Å²) in [7, 11) is 0. The Morgan fingerprint density at radius 1 is 1.78 bits per heavy atom. The standard InChI is InChI=1S/C6H8O3/c1-3-5(7)6(8)4(2)9-3/h3,8H,1-2H3/i2+2. The summed E-state index contributed by atoms with van der Waals surface area (Å²) in [5, 5.41) is 8.84. The Labute approximate surface area is 52.9 Å². The molecule has 0 aromatic rings. The van der Waals surface area contributed by atoms with Crippen LogP contribution in [-0.4, -0.2) is 17.0 Å². The highest BCUT2D eigenvalue weighted by Crippen LogP contribution is 2.17. The molecule has 3 heteroatoms. The molecule has 9 heavy (non-hydrogen) atoms. The Balaban J connectivity index is 2.87. The van der Waals surface area contributed by atoms with E-state index in [-0.39, 0.29) is 11.5 Å². The van der Waals surface area contributed by atoms with E-state index in [9.17, 15) is 4.79 Å². The largest absolute Gasteiger partial charge is 0.502 e. The summed E-state index contributed by atoms with van der Waals surface area (Å²) in [6.07, 6.45) is -0.495. The third-order valence-corrected chi connectivity index (χ3v) is 1.29. The molecule has 0 saturated heterocycles. The van der Waals surface area contributed by atoms with Crippen LogP contribution in [0.2, 0.25) is 0 Å². The third-order valence-electron chi connectivity index (χ3n) is 1.29. The quantitative estimate of drug-likeness (QED) is 0.526. The molecule has 0 fully saturated rings. The molecule has 1 aliphatic rings. The number of Topliss-reactive ketones (excluding diaryl/α,β-unsaturated/α-hetero) is 1. The first-order valence-electron chi connectivity index (χ1n) is 2.73. The molecule has 3 nitrogen and oxygen atoms in total. The van der Waals surface area contributed by atoms with Crippen molar-refractivity contribution in [2.24, 2.45) is 0 Å². The van der Waals surface area contributed by atoms with Crippen molar-refractivity contribution in [2.45, 2.75) is 20.0 Å². The van der Waals surface area contributed by atoms with Crippen LogP contribution in [0.15, 0.2) is 11.5 Å². The lowest BCUT2D eigenvalue weighted by atomic mass is 10.2. The van der Waals surface area contributed by atoms with Gasteiger partial charge in [-0.15, -0.1) is 0 Å². The fraction of sp³-hybridized carbons (Fsp3) is 0.500. The zero-order valence-corrected chi connectivity index (χ0v) is 5.34. The summed E-state index contributed by atoms with van der Waals surface area (Å²) in [6.45, 7) is 3.17. The van der Waals surface area contributed by atoms with E-state index in [1.807, 2.05) is 0 Å². The predicted molar refractivity (Wildman–Crippen MR) is 30.9 cm³/mol. The van der Waals surface area contributed by atoms with Gasteiger partial charge in [-0.1, -0.05) is 0 Å². The number of aliphatic hydroxyl groups is 1. The van der Waals surface area contributed by atoms with E-state index in [0.717, 1.165) is 0 Å². The van der Waals surface area contributed by atoms with E-state index in [4.69, 9.17) is 9.84 Å². The van der Waals surface area contributed by atoms with Crippen LogP contribution in [0.25, 0.3) is 0 Å². The minimum absolute atomic E-state index is 0.234. The third kappa shape index (κ3) is 0.781. The highest BCUT2D eigenvalue weighted by molar-refractivity contribution is 5.98. The Hall–Kier alpha value is -0.990. The molecule has 1 rings (SSSR count). The first-order valence-corrected chi connectivity index (χ1v) is 2.73. The molecule has 0 aliphatic carbocycles. The first kappa shape index (κ1) is 6.13. The number of carbonyl (C=O) groups is 1. The number of allylic oxidation sites excluding steroid dienone is 1. The van der Waals surface area contributed by atoms with Crippen molar-refractivity contribution >= 4 is 5.78 Å². The molecule has 0 spiro atoms. The topological polar surface area (TPSA) is 46.5 Å². The first-order chi connectivity index (χ1) is 4.13. The zero-order valence-electron chi connectivity index (χ0n) is 5.34. The molecule has 1 aliphatic heterocycles. The van der Waals surface area contributed by atoms with Gasteiger partial charge >= 0.3 is 0 Å². The predicted octanol–water partition coefficient (Wildman–Crippen LogP) is 0.764. The van der Waals surface area contributed by atoms with E-state index in [1.54, 1.807) is 13.8 Å². The van der Waals surface area contributed by atoms with Gasteiger partial charge in [0.25, 0.3) is 0 Å². The Kier molecular flexibility index (Phi) is 1.20. The van der Waals surface area contributed by atoms with Crippen molar-refractivity contribution in [3.8, 4) is 0 Å². The van der Waals surface area contributed by atoms with Crippen molar-refractivity contribution in [1.82, 2.24) is 0 Å². The van der Waals surface area contributed by atoms with Crippen LogP contribution in [-0.2, 0) is 9.53 Å². The molecule has 0 amide bonds. The Morgan fingerprint density at radius 3 is 2.44 bits per heavy atom. The van der Waals surface area contributed by atoms with Gasteiger partial charge in [-0.3, -0.25) is 4.79 Å². The van der Waals surface area contributed by atoms with E-state index < -0.39 is 6.10 Å². The van der Waals surface area contributed by atoms with Crippen LogP contribution in [0, 0.1) is 0 Å². The Bertz CT molecular complexity index is 181. The second-order valence-electron chi connectivity index (χ2n) is 2.03. The number of aliphatic hydroxyl groups excluding tert-OH is 1. The van der Waals surface area contributed by atoms with Crippen molar-refractivity contribution < 1.29 is 14.6 Å². The van der Waals surface area contributed by atoms with Gasteiger partial charge in [-0.25, -0.2) is 0 Å². The van der Waals surface area contributed by atoms with Gasteiger partial charge in [-0.2, -0.15) is 0 Å². The van der Waals surface area contributed by atoms with E-state index in [1.165, 1.54) is 0 Å². The SMILES string of the molecule is CC1OC([14CH3])=C(O)C1=O. The minimum Gasteiger partial charge on any atom is -0.502 e. The van der Waals surface area contributed by atoms with Gasteiger partial charge in [0, 0.05) is 0 Å². The maximum Gasteiger partial charge on any atom is 0.240 e. The monoisotopic (exact) mass is 130 g/mol. The molecule has 0 radical (unpaired) electrons. The summed E-state index contributed by atoms with van der Waals surface area (Å²) < 4.78 is 4.87. The number of ether oxygens (including phenoxy) is 1. The molecular weight excluding hydrogens is 122 g/mol. The van der Waals surface area contributed by atoms with Crippen LogP contribution in [0.1, 0.15) is 13.8 Å². The summed E-state index contributed by atoms with van der Waals surface area (Å²) >= 11 is 0. The van der Waals surface area contributed by atoms with E-state index in [0.29, 0.717) is 5.76 Å². The number of ketones is 1. The summed E-state index contributed by atoms with van der Waals surface area (Å²) in [4.78, 5) is 10.7. The number of hydrogen-bond donors (Lipinski definition) is 1. The summed E-state index contributed by atoms with van der Waals surface area (Å²) in [6, 6.07) is 0. The van der Waals surface area contributed by atoms with Gasteiger partial charge in [0.15, 0.2) is 6.10 Å². The molecule has 0 aromatic heterocycles. The molecule has 0 aromatic carbocycles. The zero-order chi connectivity index (χ0) is 7.02. The molecule has 50 valence electrons. The molecule has 1 atom stereocenters. The lowest BCUT2D eigenvalue weighted by Gasteiger charge is -1.99. The van der Waals surface area contributed by atoms with Gasteiger partial charge in [-0.05, 0) is 13.8 Å². The van der Waals surface area contributed by atoms with Crippen molar-refractivity contribution in [2.75, 3.05) is 0 Å². The van der Waals surface area contributed by atoms with Gasteiger partial charge in [0.2, 0.25) is 11.5 Å². The van der Waals surface area contributed by atoms with Gasteiger partial charge < -0.3 is 9.84 Å². The Morgan fingerprint density at radius 2 is 2.33 bits per heavy atom. The molecule has 1 heterocycles. The fourth-order valence-corrected chi connectivity index (χ4v) is 0.741. The molecule has 0 bridgehead atoms. The molecule has 1 unspecified atom stereocenters. The highest BCUT2D eigenvalue weighted by atomic mass is 16.5. The highest BCUT2D eigenvalue weighted by Gasteiger charge is 2.28. The van der Waals surface area contributed by atoms with Crippen LogP contribution < -0.4 is 0 Å². The van der Waals surface area contributed by atoms with Crippen molar-refractivity contribution in [3.05, 3.63) is 11.5 Å². The van der Waals surface area contributed by atoms with E-state index in [2.05, 4.69) is 0 Å². The van der Waals surface area contributed by atoms with Crippen LogP contribution in [0.4, 0.5) is 0 Å². The maximum absolute atomic E-state index is 10.7. The van der Waals surface area contributed by atoms with E-state index >= 15 is 0 Å². The van der Waals surface area contributed by atoms with Crippen molar-refractivity contribution in [1.29, 1.82) is 0 Å². The number of hydrogen-bond acceptors (Lipinski definition) is 3. The minimum atomic E-state index is -0.495. The lowest BCUT2D eigenvalue weighted by Crippen LogP contribution is -2.12. The number of carbonyl (C=O) groups excluding carboxylic acids is 1. The van der Waals surface area contributed by atoms with Gasteiger partial charge in [0.1, 0.15) is 5.76 Å². The van der Waals surface area contributed by atoms with Crippen molar-refractivity contribution in [3.63, 3.8) is 0 Å². The molecule has 0 saturated carbocycles. The second-order valence-corrected chi connectivity index (χ2v) is 2.03. The molecular formula is C6H8O3. The smallest absolute Gasteiger partial charge is 0.240 e. The normalized spacial score (nSPS) is 26.9. The lowest BCUT2D eigenvalue weighted by molar-refractivity contribution is -0.122. The summed E-state index contributed by atoms with van der Waals surface area (Å²) in [5.74, 6) is -0.234. The number of rotatable bonds is 0. The van der Waals surface area contributed by atoms with Crippen LogP contribution in [0.3, 0.4) is 0 Å². The molecule has 1 N–H and O–H groups in total. The van der Waals surface area contributed by atoms with Crippen LogP contribution >= 0.6 is 0 Å². The fourth-order valence-electron chi connectivity index (χ4n) is 0.741. The maximum atomic E-state index is 10.7. The average Bonchev–Trinajstić information content (AvgIpc) is 1.98. The second kappa shape index (κ2) is 1.76. The van der Waals surface area contributed by atoms with Gasteiger partial charge in [0.05, 0.1) is 0 Å². The summed E-state index contributed by atoms with van der Waals surface area (Å²) in [5.41, 5.74) is 0.